The number of rotatable bonds is 5. The topological polar surface area (TPSA) is 12.0 Å². The molecule has 0 aliphatic rings. The number of hydrogen-bond acceptors (Lipinski definition) is 2. The van der Waals surface area contributed by atoms with Gasteiger partial charge in [-0.25, -0.2) is 0 Å². The van der Waals surface area contributed by atoms with Crippen molar-refractivity contribution in [3.05, 3.63) is 63.6 Å². The van der Waals surface area contributed by atoms with Crippen molar-refractivity contribution in [2.75, 3.05) is 12.8 Å². The number of aryl methyl sites for hydroxylation is 1. The zero-order valence-corrected chi connectivity index (χ0v) is 13.8. The number of thioether (sulfide) groups is 1. The summed E-state index contributed by atoms with van der Waals surface area (Å²) in [5.74, 6) is 0.902. The molecule has 0 heterocycles. The van der Waals surface area contributed by atoms with E-state index in [1.165, 1.54) is 5.56 Å². The van der Waals surface area contributed by atoms with Gasteiger partial charge >= 0.3 is 0 Å². The predicted octanol–water partition coefficient (Wildman–Crippen LogP) is 5.35. The van der Waals surface area contributed by atoms with Gasteiger partial charge in [0, 0.05) is 21.7 Å². The second-order valence-electron chi connectivity index (χ2n) is 4.59. The van der Waals surface area contributed by atoms with Crippen LogP contribution in [0.25, 0.3) is 0 Å². The highest BCUT2D eigenvalue weighted by molar-refractivity contribution is 7.99. The van der Waals surface area contributed by atoms with E-state index in [1.807, 2.05) is 44.3 Å². The average Bonchev–Trinajstić information content (AvgIpc) is 2.45. The van der Waals surface area contributed by atoms with Gasteiger partial charge in [0.05, 0.1) is 5.02 Å². The predicted molar refractivity (Wildman–Crippen MR) is 90.2 cm³/mol. The molecule has 0 spiro atoms. The van der Waals surface area contributed by atoms with Crippen LogP contribution in [0.5, 0.6) is 0 Å². The minimum Gasteiger partial charge on any atom is -0.312 e. The Morgan fingerprint density at radius 3 is 2.50 bits per heavy atom. The van der Waals surface area contributed by atoms with Gasteiger partial charge in [-0.05, 0) is 43.3 Å². The summed E-state index contributed by atoms with van der Waals surface area (Å²) in [6, 6.07) is 14.4. The number of hydrogen-bond donors (Lipinski definition) is 1. The first-order valence-corrected chi connectivity index (χ1v) is 8.16. The van der Waals surface area contributed by atoms with E-state index < -0.39 is 0 Å². The minimum absolute atomic E-state index is 0.245. The molecule has 1 N–H and O–H groups in total. The van der Waals surface area contributed by atoms with Gasteiger partial charge in [0.2, 0.25) is 0 Å². The first-order chi connectivity index (χ1) is 9.61. The molecule has 4 heteroatoms. The molecule has 2 aromatic carbocycles. The Morgan fingerprint density at radius 1 is 1.10 bits per heavy atom. The lowest BCUT2D eigenvalue weighted by Gasteiger charge is -2.17. The summed E-state index contributed by atoms with van der Waals surface area (Å²) in [4.78, 5) is 1.10. The van der Waals surface area contributed by atoms with Crippen molar-refractivity contribution >= 4 is 35.0 Å². The molecule has 0 aliphatic carbocycles. The van der Waals surface area contributed by atoms with Crippen molar-refractivity contribution in [1.82, 2.24) is 5.32 Å². The summed E-state index contributed by atoms with van der Waals surface area (Å²) in [7, 11) is 1.96. The van der Waals surface area contributed by atoms with E-state index in [2.05, 4.69) is 17.4 Å². The van der Waals surface area contributed by atoms with E-state index in [4.69, 9.17) is 23.2 Å². The van der Waals surface area contributed by atoms with Gasteiger partial charge in [0.15, 0.2) is 0 Å². The fourth-order valence-corrected chi connectivity index (χ4v) is 3.48. The second-order valence-corrected chi connectivity index (χ2v) is 6.47. The van der Waals surface area contributed by atoms with Crippen LogP contribution in [0.3, 0.4) is 0 Å². The Balaban J connectivity index is 2.09. The maximum absolute atomic E-state index is 6.20. The average molecular weight is 326 g/mol. The highest BCUT2D eigenvalue weighted by atomic mass is 35.5. The quantitative estimate of drug-likeness (QED) is 0.743. The van der Waals surface area contributed by atoms with Crippen molar-refractivity contribution in [1.29, 1.82) is 0 Å². The molecular weight excluding hydrogens is 309 g/mol. The summed E-state index contributed by atoms with van der Waals surface area (Å²) in [6.07, 6.45) is 0. The number of benzene rings is 2. The molecule has 1 unspecified atom stereocenters. The Bertz CT molecular complexity index is 586. The maximum Gasteiger partial charge on any atom is 0.0541 e. The molecule has 1 atom stereocenters. The third kappa shape index (κ3) is 3.92. The van der Waals surface area contributed by atoms with E-state index in [-0.39, 0.29) is 6.04 Å². The molecule has 0 aromatic heterocycles. The summed E-state index contributed by atoms with van der Waals surface area (Å²) < 4.78 is 0. The molecule has 2 aromatic rings. The normalized spacial score (nSPS) is 12.4. The molecule has 0 aliphatic heterocycles. The lowest BCUT2D eigenvalue weighted by atomic mass is 10.1. The zero-order valence-electron chi connectivity index (χ0n) is 11.5. The van der Waals surface area contributed by atoms with Crippen molar-refractivity contribution in [2.24, 2.45) is 0 Å². The smallest absolute Gasteiger partial charge is 0.0541 e. The van der Waals surface area contributed by atoms with Gasteiger partial charge in [-0.15, -0.1) is 11.8 Å². The van der Waals surface area contributed by atoms with E-state index in [1.54, 1.807) is 11.8 Å². The monoisotopic (exact) mass is 325 g/mol. The molecule has 0 fully saturated rings. The third-order valence-corrected chi connectivity index (χ3v) is 5.20. The molecular formula is C16H17Cl2NS. The first kappa shape index (κ1) is 15.7. The van der Waals surface area contributed by atoms with Gasteiger partial charge in [0.25, 0.3) is 0 Å². The van der Waals surface area contributed by atoms with Crippen LogP contribution in [0.15, 0.2) is 47.4 Å². The van der Waals surface area contributed by atoms with Crippen molar-refractivity contribution < 1.29 is 0 Å². The molecule has 0 saturated heterocycles. The van der Waals surface area contributed by atoms with E-state index in [9.17, 15) is 0 Å². The lowest BCUT2D eigenvalue weighted by molar-refractivity contribution is 0.662. The SMILES string of the molecule is CNC(CSc1ccccc1Cl)c1ccc(C)c(Cl)c1. The summed E-state index contributed by atoms with van der Waals surface area (Å²) in [5.41, 5.74) is 2.30. The summed E-state index contributed by atoms with van der Waals surface area (Å²) in [6.45, 7) is 2.01. The van der Waals surface area contributed by atoms with Gasteiger partial charge < -0.3 is 5.32 Å². The van der Waals surface area contributed by atoms with Crippen LogP contribution in [0, 0.1) is 6.92 Å². The molecule has 106 valence electrons. The van der Waals surface area contributed by atoms with Gasteiger partial charge in [-0.2, -0.15) is 0 Å². The van der Waals surface area contributed by atoms with Crippen LogP contribution in [-0.4, -0.2) is 12.8 Å². The first-order valence-electron chi connectivity index (χ1n) is 6.42. The van der Waals surface area contributed by atoms with Crippen LogP contribution in [0.1, 0.15) is 17.2 Å². The molecule has 0 amide bonds. The van der Waals surface area contributed by atoms with Crippen LogP contribution in [-0.2, 0) is 0 Å². The van der Waals surface area contributed by atoms with Crippen molar-refractivity contribution in [2.45, 2.75) is 17.9 Å². The highest BCUT2D eigenvalue weighted by Crippen LogP contribution is 2.31. The Hall–Kier alpha value is -0.670. The van der Waals surface area contributed by atoms with Gasteiger partial charge in [-0.1, -0.05) is 47.5 Å². The third-order valence-electron chi connectivity index (χ3n) is 3.19. The van der Waals surface area contributed by atoms with Crippen molar-refractivity contribution in [3.63, 3.8) is 0 Å². The van der Waals surface area contributed by atoms with Crippen LogP contribution < -0.4 is 5.32 Å². The summed E-state index contributed by atoms with van der Waals surface area (Å²) >= 11 is 14.1. The van der Waals surface area contributed by atoms with Gasteiger partial charge in [0.1, 0.15) is 0 Å². The standard InChI is InChI=1S/C16H17Cl2NS/c1-11-7-8-12(9-14(11)18)15(19-2)10-20-16-6-4-3-5-13(16)17/h3-9,15,19H,10H2,1-2H3. The zero-order chi connectivity index (χ0) is 14.5. The fraction of sp³-hybridized carbons (Fsp3) is 0.250. The van der Waals surface area contributed by atoms with Gasteiger partial charge in [-0.3, -0.25) is 0 Å². The molecule has 0 bridgehead atoms. The number of nitrogens with one attached hydrogen (secondary N) is 1. The van der Waals surface area contributed by atoms with Crippen molar-refractivity contribution in [3.8, 4) is 0 Å². The molecule has 2 rings (SSSR count). The molecule has 0 saturated carbocycles. The lowest BCUT2D eigenvalue weighted by Crippen LogP contribution is -2.18. The van der Waals surface area contributed by atoms with E-state index in [0.29, 0.717) is 0 Å². The Labute approximate surface area is 134 Å². The molecule has 20 heavy (non-hydrogen) atoms. The fourth-order valence-electron chi connectivity index (χ4n) is 1.91. The maximum atomic E-state index is 6.20. The summed E-state index contributed by atoms with van der Waals surface area (Å²) in [5, 5.41) is 4.94. The number of halogens is 2. The molecule has 0 radical (unpaired) electrons. The van der Waals surface area contributed by atoms with Crippen LogP contribution >= 0.6 is 35.0 Å². The van der Waals surface area contributed by atoms with E-state index in [0.717, 1.165) is 26.3 Å². The Kier molecular flexibility index (Phi) is 5.79. The second kappa shape index (κ2) is 7.37. The Morgan fingerprint density at radius 2 is 1.85 bits per heavy atom. The highest BCUT2D eigenvalue weighted by Gasteiger charge is 2.12. The minimum atomic E-state index is 0.245. The van der Waals surface area contributed by atoms with Crippen LogP contribution in [0.2, 0.25) is 10.0 Å². The molecule has 1 nitrogen and oxygen atoms in total. The van der Waals surface area contributed by atoms with E-state index >= 15 is 0 Å². The largest absolute Gasteiger partial charge is 0.312 e. The van der Waals surface area contributed by atoms with Crippen LogP contribution in [0.4, 0.5) is 0 Å².